The van der Waals surface area contributed by atoms with Gasteiger partial charge in [0, 0.05) is 0 Å². The monoisotopic (exact) mass is 454 g/mol. The van der Waals surface area contributed by atoms with Crippen LogP contribution in [-0.4, -0.2) is 31.8 Å². The first-order chi connectivity index (χ1) is 13.7. The van der Waals surface area contributed by atoms with Crippen LogP contribution in [0.1, 0.15) is 87.0 Å². The van der Waals surface area contributed by atoms with Gasteiger partial charge < -0.3 is 18.1 Å². The molecule has 6 nitrogen and oxygen atoms in total. The maximum atomic E-state index is 13.5. The molecule has 0 aromatic rings. The van der Waals surface area contributed by atoms with Crippen LogP contribution in [-0.2, 0) is 27.2 Å². The van der Waals surface area contributed by atoms with Gasteiger partial charge in [-0.05, 0) is 66.7 Å². The molecule has 0 unspecified atom stereocenters. The molecule has 0 aliphatic carbocycles. The Morgan fingerprint density at radius 3 is 1.55 bits per heavy atom. The van der Waals surface area contributed by atoms with Gasteiger partial charge in [-0.25, -0.2) is 0 Å². The molecule has 174 valence electrons. The lowest BCUT2D eigenvalue weighted by molar-refractivity contribution is 0.193. The van der Waals surface area contributed by atoms with Gasteiger partial charge in [-0.3, -0.25) is 9.13 Å². The molecule has 29 heavy (non-hydrogen) atoms. The highest BCUT2D eigenvalue weighted by molar-refractivity contribution is 7.72. The lowest BCUT2D eigenvalue weighted by atomic mass is 9.98. The molecule has 8 heteroatoms. The standard InChI is InChI=1S/C21H44O6P2/c1-8-24-28(22,25-9-2)21(29(23,26-10-3)27-11-4)18-13-12-16-20(7)17-14-15-19(5)6/h15,20-21H,8-14,16-18H2,1-7H3/t20-/m0/s1. The molecule has 0 N–H and O–H groups in total. The Morgan fingerprint density at radius 2 is 1.17 bits per heavy atom. The van der Waals surface area contributed by atoms with Crippen molar-refractivity contribution in [3.63, 3.8) is 0 Å². The predicted octanol–water partition coefficient (Wildman–Crippen LogP) is 7.79. The van der Waals surface area contributed by atoms with Crippen molar-refractivity contribution >= 4 is 15.2 Å². The van der Waals surface area contributed by atoms with Crippen molar-refractivity contribution in [3.05, 3.63) is 11.6 Å². The van der Waals surface area contributed by atoms with Crippen molar-refractivity contribution in [2.75, 3.05) is 26.4 Å². The molecular formula is C21H44O6P2. The Morgan fingerprint density at radius 1 is 0.759 bits per heavy atom. The van der Waals surface area contributed by atoms with Crippen LogP contribution in [0.5, 0.6) is 0 Å². The van der Waals surface area contributed by atoms with Crippen LogP contribution in [0.3, 0.4) is 0 Å². The lowest BCUT2D eigenvalue weighted by Crippen LogP contribution is -2.18. The average Bonchev–Trinajstić information content (AvgIpc) is 2.61. The van der Waals surface area contributed by atoms with E-state index in [1.54, 1.807) is 27.7 Å². The summed E-state index contributed by atoms with van der Waals surface area (Å²) >= 11 is 0. The summed E-state index contributed by atoms with van der Waals surface area (Å²) in [6.07, 6.45) is 7.75. The highest BCUT2D eigenvalue weighted by atomic mass is 31.2. The van der Waals surface area contributed by atoms with Crippen LogP contribution in [0.15, 0.2) is 11.6 Å². The highest BCUT2D eigenvalue weighted by Crippen LogP contribution is 2.71. The Kier molecular flexibility index (Phi) is 15.8. The fourth-order valence-electron chi connectivity index (χ4n) is 3.25. The van der Waals surface area contributed by atoms with Gasteiger partial charge in [0.1, 0.15) is 0 Å². The Balaban J connectivity index is 5.15. The van der Waals surface area contributed by atoms with Gasteiger partial charge in [-0.1, -0.05) is 37.8 Å². The predicted molar refractivity (Wildman–Crippen MR) is 122 cm³/mol. The number of rotatable bonds is 18. The zero-order chi connectivity index (χ0) is 22.3. The molecule has 0 rings (SSSR count). The van der Waals surface area contributed by atoms with E-state index in [0.29, 0.717) is 12.3 Å². The molecule has 0 bridgehead atoms. The van der Waals surface area contributed by atoms with Gasteiger partial charge in [-0.15, -0.1) is 0 Å². The van der Waals surface area contributed by atoms with Gasteiger partial charge >= 0.3 is 15.2 Å². The first kappa shape index (κ1) is 29.0. The first-order valence-electron chi connectivity index (χ1n) is 11.1. The maximum Gasteiger partial charge on any atom is 0.345 e. The molecular weight excluding hydrogens is 410 g/mol. The molecule has 0 heterocycles. The largest absolute Gasteiger partial charge is 0.345 e. The van der Waals surface area contributed by atoms with Gasteiger partial charge in [0.15, 0.2) is 5.40 Å². The molecule has 0 saturated heterocycles. The second-order valence-electron chi connectivity index (χ2n) is 7.48. The van der Waals surface area contributed by atoms with Crippen LogP contribution in [0.4, 0.5) is 0 Å². The van der Waals surface area contributed by atoms with Crippen molar-refractivity contribution in [2.45, 2.75) is 92.4 Å². The van der Waals surface area contributed by atoms with E-state index in [1.165, 1.54) is 5.57 Å². The quantitative estimate of drug-likeness (QED) is 0.120. The van der Waals surface area contributed by atoms with E-state index in [2.05, 4.69) is 26.8 Å². The molecule has 0 aromatic carbocycles. The van der Waals surface area contributed by atoms with E-state index in [0.717, 1.165) is 32.1 Å². The summed E-state index contributed by atoms with van der Waals surface area (Å²) in [6, 6.07) is 0. The molecule has 0 aliphatic rings. The molecule has 0 radical (unpaired) electrons. The van der Waals surface area contributed by atoms with Crippen LogP contribution >= 0.6 is 15.2 Å². The first-order valence-corrected chi connectivity index (χ1v) is 14.3. The minimum absolute atomic E-state index is 0.216. The Labute approximate surface area is 179 Å². The van der Waals surface area contributed by atoms with E-state index in [9.17, 15) is 9.13 Å². The van der Waals surface area contributed by atoms with Crippen molar-refractivity contribution in [1.82, 2.24) is 0 Å². The molecule has 0 aliphatic heterocycles. The van der Waals surface area contributed by atoms with Crippen molar-refractivity contribution < 1.29 is 27.2 Å². The minimum atomic E-state index is -3.62. The molecule has 0 amide bonds. The van der Waals surface area contributed by atoms with E-state index >= 15 is 0 Å². The Hall–Kier alpha value is 0.0400. The summed E-state index contributed by atoms with van der Waals surface area (Å²) in [5, 5.41) is -0.893. The lowest BCUT2D eigenvalue weighted by Gasteiger charge is -2.31. The number of allylic oxidation sites excluding steroid dienone is 2. The van der Waals surface area contributed by atoms with E-state index in [-0.39, 0.29) is 26.4 Å². The minimum Gasteiger partial charge on any atom is -0.308 e. The van der Waals surface area contributed by atoms with Crippen molar-refractivity contribution in [2.24, 2.45) is 5.92 Å². The van der Waals surface area contributed by atoms with Crippen LogP contribution in [0, 0.1) is 5.92 Å². The molecule has 0 aromatic heterocycles. The van der Waals surface area contributed by atoms with Gasteiger partial charge in [0.2, 0.25) is 0 Å². The number of hydrogen-bond donors (Lipinski definition) is 0. The third-order valence-corrected chi connectivity index (χ3v) is 10.7. The topological polar surface area (TPSA) is 71.1 Å². The van der Waals surface area contributed by atoms with Crippen LogP contribution < -0.4 is 0 Å². The number of unbranched alkanes of at least 4 members (excludes halogenated alkanes) is 1. The summed E-state index contributed by atoms with van der Waals surface area (Å²) in [5.74, 6) is 0.611. The van der Waals surface area contributed by atoms with E-state index < -0.39 is 20.6 Å². The summed E-state index contributed by atoms with van der Waals surface area (Å²) in [4.78, 5) is 0. The maximum absolute atomic E-state index is 13.5. The second kappa shape index (κ2) is 15.8. The fraction of sp³-hybridized carbons (Fsp3) is 0.905. The second-order valence-corrected chi connectivity index (χ2v) is 12.3. The van der Waals surface area contributed by atoms with Crippen LogP contribution in [0.2, 0.25) is 0 Å². The molecule has 0 saturated carbocycles. The summed E-state index contributed by atoms with van der Waals surface area (Å²) < 4.78 is 49.0. The van der Waals surface area contributed by atoms with Gasteiger partial charge in [0.25, 0.3) is 0 Å². The van der Waals surface area contributed by atoms with Crippen molar-refractivity contribution in [3.8, 4) is 0 Å². The highest BCUT2D eigenvalue weighted by Gasteiger charge is 2.50. The summed E-state index contributed by atoms with van der Waals surface area (Å²) in [5.41, 5.74) is 1.35. The SMILES string of the molecule is CCOP(=O)(OCC)C(CCCC[C@H](C)CCC=C(C)C)P(=O)(OCC)OCC. The molecule has 0 spiro atoms. The third-order valence-electron chi connectivity index (χ3n) is 4.59. The summed E-state index contributed by atoms with van der Waals surface area (Å²) in [7, 11) is -7.25. The van der Waals surface area contributed by atoms with Gasteiger partial charge in [-0.2, -0.15) is 0 Å². The molecule has 1 atom stereocenters. The van der Waals surface area contributed by atoms with Crippen LogP contribution in [0.25, 0.3) is 0 Å². The fourth-order valence-corrected chi connectivity index (χ4v) is 8.71. The normalized spacial score (nSPS) is 13.7. The van der Waals surface area contributed by atoms with Crippen molar-refractivity contribution in [1.29, 1.82) is 0 Å². The third kappa shape index (κ3) is 11.3. The van der Waals surface area contributed by atoms with Gasteiger partial charge in [0.05, 0.1) is 26.4 Å². The zero-order valence-corrected chi connectivity index (χ0v) is 21.4. The molecule has 0 fully saturated rings. The zero-order valence-electron chi connectivity index (χ0n) is 19.6. The summed E-state index contributed by atoms with van der Waals surface area (Å²) in [6.45, 7) is 14.4. The smallest absolute Gasteiger partial charge is 0.308 e. The van der Waals surface area contributed by atoms with E-state index in [4.69, 9.17) is 18.1 Å². The average molecular weight is 455 g/mol. The Bertz CT molecular complexity index is 495. The van der Waals surface area contributed by atoms with E-state index in [1.807, 2.05) is 0 Å². The number of hydrogen-bond acceptors (Lipinski definition) is 6.